The number of hydrogen-bond acceptors (Lipinski definition) is 6. The Morgan fingerprint density at radius 2 is 2.04 bits per heavy atom. The molecule has 0 bridgehead atoms. The lowest BCUT2D eigenvalue weighted by Gasteiger charge is -2.10. The molecular formula is C16H18N2O6S. The minimum atomic E-state index is -3.17. The van der Waals surface area contributed by atoms with Gasteiger partial charge in [-0.1, -0.05) is 18.2 Å². The average Bonchev–Trinajstić information content (AvgIpc) is 3.13. The van der Waals surface area contributed by atoms with E-state index in [9.17, 15) is 18.0 Å². The standard InChI is InChI=1S/C16H18N2O6S/c1-23-8-12-11-4-2-3-5-13(11)24-14(12)16(20)18-17-15(19)10-6-7-25(21,22)9-10/h2-5,10H,6-9H2,1H3,(H,17,19)(H,18,20)/t10-/m1/s1. The van der Waals surface area contributed by atoms with Gasteiger partial charge in [0.15, 0.2) is 15.6 Å². The first-order valence-electron chi connectivity index (χ1n) is 7.71. The SMILES string of the molecule is COCc1c(C(=O)NNC(=O)[C@@H]2CCS(=O)(=O)C2)oc2ccccc12. The lowest BCUT2D eigenvalue weighted by atomic mass is 10.1. The molecule has 2 aromatic rings. The quantitative estimate of drug-likeness (QED) is 0.773. The van der Waals surface area contributed by atoms with Crippen LogP contribution < -0.4 is 10.9 Å². The summed E-state index contributed by atoms with van der Waals surface area (Å²) in [7, 11) is -1.67. The Balaban J connectivity index is 1.72. The summed E-state index contributed by atoms with van der Waals surface area (Å²) in [6.45, 7) is 0.175. The van der Waals surface area contributed by atoms with Crippen LogP contribution in [0.25, 0.3) is 11.0 Å². The molecule has 3 rings (SSSR count). The van der Waals surface area contributed by atoms with E-state index in [1.54, 1.807) is 12.1 Å². The number of ether oxygens (including phenoxy) is 1. The summed E-state index contributed by atoms with van der Waals surface area (Å²) in [6.07, 6.45) is 0.254. The van der Waals surface area contributed by atoms with E-state index < -0.39 is 27.6 Å². The molecule has 1 saturated heterocycles. The van der Waals surface area contributed by atoms with Gasteiger partial charge in [0, 0.05) is 18.1 Å². The van der Waals surface area contributed by atoms with Crippen LogP contribution in [0.2, 0.25) is 0 Å². The number of benzene rings is 1. The molecule has 0 unspecified atom stereocenters. The highest BCUT2D eigenvalue weighted by atomic mass is 32.2. The van der Waals surface area contributed by atoms with Crippen molar-refractivity contribution in [1.29, 1.82) is 0 Å². The van der Waals surface area contributed by atoms with Crippen molar-refractivity contribution in [2.24, 2.45) is 5.92 Å². The molecule has 0 aliphatic carbocycles. The van der Waals surface area contributed by atoms with Gasteiger partial charge in [0.2, 0.25) is 5.91 Å². The van der Waals surface area contributed by atoms with Crippen molar-refractivity contribution < 1.29 is 27.2 Å². The molecule has 1 atom stereocenters. The van der Waals surface area contributed by atoms with Gasteiger partial charge >= 0.3 is 5.91 Å². The lowest BCUT2D eigenvalue weighted by molar-refractivity contribution is -0.125. The van der Waals surface area contributed by atoms with Gasteiger partial charge in [0.05, 0.1) is 24.0 Å². The second kappa shape index (κ2) is 6.85. The first-order chi connectivity index (χ1) is 11.9. The molecule has 0 radical (unpaired) electrons. The van der Waals surface area contributed by atoms with Crippen LogP contribution in [0, 0.1) is 5.92 Å². The second-order valence-corrected chi connectivity index (χ2v) is 8.11. The van der Waals surface area contributed by atoms with Crippen molar-refractivity contribution in [3.8, 4) is 0 Å². The normalized spacial score (nSPS) is 19.0. The van der Waals surface area contributed by atoms with E-state index in [0.29, 0.717) is 11.1 Å². The molecule has 0 saturated carbocycles. The Kier molecular flexibility index (Phi) is 4.78. The maximum atomic E-state index is 12.4. The van der Waals surface area contributed by atoms with Gasteiger partial charge in [-0.25, -0.2) is 8.42 Å². The smallest absolute Gasteiger partial charge is 0.305 e. The molecule has 9 heteroatoms. The van der Waals surface area contributed by atoms with E-state index >= 15 is 0 Å². The third-order valence-corrected chi connectivity index (χ3v) is 5.86. The maximum absolute atomic E-state index is 12.4. The van der Waals surface area contributed by atoms with E-state index in [4.69, 9.17) is 9.15 Å². The largest absolute Gasteiger partial charge is 0.450 e. The predicted octanol–water partition coefficient (Wildman–Crippen LogP) is 0.775. The third kappa shape index (κ3) is 3.67. The fraction of sp³-hybridized carbons (Fsp3) is 0.375. The number of nitrogens with one attached hydrogen (secondary N) is 2. The molecule has 1 aromatic carbocycles. The number of para-hydroxylation sites is 1. The van der Waals surface area contributed by atoms with Crippen LogP contribution >= 0.6 is 0 Å². The number of carbonyl (C=O) groups excluding carboxylic acids is 2. The highest BCUT2D eigenvalue weighted by Gasteiger charge is 2.33. The van der Waals surface area contributed by atoms with Crippen LogP contribution in [0.3, 0.4) is 0 Å². The fourth-order valence-electron chi connectivity index (χ4n) is 2.85. The number of methoxy groups -OCH3 is 1. The number of amides is 2. The predicted molar refractivity (Wildman–Crippen MR) is 89.3 cm³/mol. The fourth-order valence-corrected chi connectivity index (χ4v) is 4.59. The summed E-state index contributed by atoms with van der Waals surface area (Å²) in [5, 5.41) is 0.753. The Morgan fingerprint density at radius 3 is 2.72 bits per heavy atom. The minimum Gasteiger partial charge on any atom is -0.450 e. The van der Waals surface area contributed by atoms with Crippen molar-refractivity contribution in [3.05, 3.63) is 35.6 Å². The maximum Gasteiger partial charge on any atom is 0.305 e. The summed E-state index contributed by atoms with van der Waals surface area (Å²) in [5.41, 5.74) is 5.66. The lowest BCUT2D eigenvalue weighted by Crippen LogP contribution is -2.45. The number of hydrazine groups is 1. The first-order valence-corrected chi connectivity index (χ1v) is 9.53. The summed E-state index contributed by atoms with van der Waals surface area (Å²) in [4.78, 5) is 24.4. The summed E-state index contributed by atoms with van der Waals surface area (Å²) < 4.78 is 33.5. The van der Waals surface area contributed by atoms with E-state index in [1.807, 2.05) is 12.1 Å². The Hall–Kier alpha value is -2.39. The number of fused-ring (bicyclic) bond motifs is 1. The Bertz CT molecular complexity index is 918. The molecular weight excluding hydrogens is 348 g/mol. The average molecular weight is 366 g/mol. The van der Waals surface area contributed by atoms with Gasteiger partial charge in [0.25, 0.3) is 0 Å². The number of sulfone groups is 1. The van der Waals surface area contributed by atoms with E-state index in [2.05, 4.69) is 10.9 Å². The molecule has 2 N–H and O–H groups in total. The zero-order valence-electron chi connectivity index (χ0n) is 13.6. The zero-order chi connectivity index (χ0) is 18.0. The van der Waals surface area contributed by atoms with Gasteiger partial charge in [-0.2, -0.15) is 0 Å². The number of rotatable bonds is 4. The summed E-state index contributed by atoms with van der Waals surface area (Å²) >= 11 is 0. The number of carbonyl (C=O) groups is 2. The van der Waals surface area contributed by atoms with Gasteiger partial charge in [-0.15, -0.1) is 0 Å². The van der Waals surface area contributed by atoms with Gasteiger partial charge in [0.1, 0.15) is 5.58 Å². The topological polar surface area (TPSA) is 115 Å². The first kappa shape index (κ1) is 17.4. The molecule has 2 amide bonds. The monoisotopic (exact) mass is 366 g/mol. The molecule has 1 fully saturated rings. The second-order valence-electron chi connectivity index (χ2n) is 5.88. The summed E-state index contributed by atoms with van der Waals surface area (Å²) in [5.74, 6) is -1.98. The third-order valence-electron chi connectivity index (χ3n) is 4.10. The molecule has 1 aromatic heterocycles. The van der Waals surface area contributed by atoms with E-state index in [1.165, 1.54) is 7.11 Å². The van der Waals surface area contributed by atoms with Crippen molar-refractivity contribution in [1.82, 2.24) is 10.9 Å². The zero-order valence-corrected chi connectivity index (χ0v) is 14.4. The molecule has 25 heavy (non-hydrogen) atoms. The molecule has 8 nitrogen and oxygen atoms in total. The minimum absolute atomic E-state index is 0.0133. The van der Waals surface area contributed by atoms with Crippen LogP contribution in [-0.4, -0.2) is 38.8 Å². The van der Waals surface area contributed by atoms with Crippen LogP contribution in [0.1, 0.15) is 22.5 Å². The molecule has 1 aliphatic heterocycles. The van der Waals surface area contributed by atoms with Crippen molar-refractivity contribution in [2.45, 2.75) is 13.0 Å². The molecule has 1 aliphatic rings. The highest BCUT2D eigenvalue weighted by Crippen LogP contribution is 2.26. The van der Waals surface area contributed by atoms with Crippen LogP contribution in [0.5, 0.6) is 0 Å². The summed E-state index contributed by atoms with van der Waals surface area (Å²) in [6, 6.07) is 7.15. The molecule has 134 valence electrons. The van der Waals surface area contributed by atoms with Crippen molar-refractivity contribution in [2.75, 3.05) is 18.6 Å². The molecule has 2 heterocycles. The van der Waals surface area contributed by atoms with Gasteiger partial charge in [-0.3, -0.25) is 20.4 Å². The van der Waals surface area contributed by atoms with Gasteiger partial charge in [-0.05, 0) is 12.5 Å². The highest BCUT2D eigenvalue weighted by molar-refractivity contribution is 7.91. The van der Waals surface area contributed by atoms with Crippen LogP contribution in [0.4, 0.5) is 0 Å². The van der Waals surface area contributed by atoms with Crippen molar-refractivity contribution in [3.63, 3.8) is 0 Å². The van der Waals surface area contributed by atoms with E-state index in [0.717, 1.165) is 5.39 Å². The molecule has 0 spiro atoms. The van der Waals surface area contributed by atoms with Crippen molar-refractivity contribution >= 4 is 32.6 Å². The van der Waals surface area contributed by atoms with Crippen LogP contribution in [-0.2, 0) is 26.0 Å². The number of hydrogen-bond donors (Lipinski definition) is 2. The Morgan fingerprint density at radius 1 is 1.28 bits per heavy atom. The van der Waals surface area contributed by atoms with Gasteiger partial charge < -0.3 is 9.15 Å². The Labute approximate surface area is 144 Å². The van der Waals surface area contributed by atoms with Crippen LogP contribution in [0.15, 0.2) is 28.7 Å². The number of furan rings is 1. The van der Waals surface area contributed by atoms with E-state index in [-0.39, 0.29) is 30.3 Å².